The van der Waals surface area contributed by atoms with Crippen LogP contribution >= 0.6 is 0 Å². The van der Waals surface area contributed by atoms with Crippen LogP contribution in [0.25, 0.3) is 0 Å². The molecule has 0 heterocycles. The van der Waals surface area contributed by atoms with E-state index >= 15 is 0 Å². The molecule has 76 valence electrons. The number of hydrogen-bond donors (Lipinski definition) is 0. The lowest BCUT2D eigenvalue weighted by molar-refractivity contribution is 0.696. The van der Waals surface area contributed by atoms with Crippen molar-refractivity contribution >= 4 is 0 Å². The maximum Gasteiger partial charge on any atom is -0.0163 e. The third kappa shape index (κ3) is 6.47. The van der Waals surface area contributed by atoms with Gasteiger partial charge in [0.25, 0.3) is 0 Å². The molecule has 0 bridgehead atoms. The van der Waals surface area contributed by atoms with Gasteiger partial charge in [-0.15, -0.1) is 0 Å². The van der Waals surface area contributed by atoms with Crippen LogP contribution in [-0.4, -0.2) is 0 Å². The van der Waals surface area contributed by atoms with E-state index in [0.717, 1.165) is 6.42 Å². The van der Waals surface area contributed by atoms with Crippen LogP contribution in [0.15, 0.2) is 48.6 Å². The molecule has 0 nitrogen and oxygen atoms in total. The molecule has 0 aromatic carbocycles. The standard InChI is InChI=1S/C14H20/c1-2-4-6-8-10-12-14-13-11-9-7-5-3-1/h1-4,7,9,11,13H,5-6,8,10,12,14H2/b3-1+,4-2+,9-7?,13-11?. The summed E-state index contributed by atoms with van der Waals surface area (Å²) in [5, 5.41) is 0. The topological polar surface area (TPSA) is 0 Å². The average Bonchev–Trinajstić information content (AvgIpc) is 2.22. The lowest BCUT2D eigenvalue weighted by Gasteiger charge is -1.94. The van der Waals surface area contributed by atoms with Gasteiger partial charge < -0.3 is 0 Å². The molecule has 0 saturated heterocycles. The summed E-state index contributed by atoms with van der Waals surface area (Å²) in [7, 11) is 0. The van der Waals surface area contributed by atoms with Gasteiger partial charge in [-0.3, -0.25) is 0 Å². The third-order valence-corrected chi connectivity index (χ3v) is 2.28. The largest absolute Gasteiger partial charge is 0.0845 e. The second kappa shape index (κ2) is 8.55. The van der Waals surface area contributed by atoms with Crippen molar-refractivity contribution in [1.29, 1.82) is 0 Å². The van der Waals surface area contributed by atoms with E-state index < -0.39 is 0 Å². The Kier molecular flexibility index (Phi) is 6.74. The van der Waals surface area contributed by atoms with E-state index in [1.807, 2.05) is 0 Å². The zero-order valence-electron chi connectivity index (χ0n) is 8.86. The molecule has 0 spiro atoms. The van der Waals surface area contributed by atoms with E-state index in [9.17, 15) is 0 Å². The first-order chi connectivity index (χ1) is 7.00. The number of hydrogen-bond acceptors (Lipinski definition) is 0. The lowest BCUT2D eigenvalue weighted by Crippen LogP contribution is -1.74. The minimum Gasteiger partial charge on any atom is -0.0845 e. The molecular weight excluding hydrogens is 168 g/mol. The highest BCUT2D eigenvalue weighted by molar-refractivity contribution is 5.08. The van der Waals surface area contributed by atoms with Crippen molar-refractivity contribution in [2.75, 3.05) is 0 Å². The second-order valence-electron chi connectivity index (χ2n) is 3.59. The molecule has 0 N–H and O–H groups in total. The fraction of sp³-hybridized carbons (Fsp3) is 0.429. The summed E-state index contributed by atoms with van der Waals surface area (Å²) in [6, 6.07) is 0. The zero-order chi connectivity index (χ0) is 9.90. The number of allylic oxidation sites excluding steroid dienone is 8. The van der Waals surface area contributed by atoms with Crippen LogP contribution < -0.4 is 0 Å². The maximum absolute atomic E-state index is 2.27. The van der Waals surface area contributed by atoms with E-state index in [4.69, 9.17) is 0 Å². The second-order valence-corrected chi connectivity index (χ2v) is 3.59. The van der Waals surface area contributed by atoms with E-state index in [2.05, 4.69) is 48.6 Å². The van der Waals surface area contributed by atoms with Gasteiger partial charge >= 0.3 is 0 Å². The van der Waals surface area contributed by atoms with Gasteiger partial charge in [-0.05, 0) is 32.1 Å². The highest BCUT2D eigenvalue weighted by atomic mass is 13.9. The van der Waals surface area contributed by atoms with Crippen LogP contribution in [0.3, 0.4) is 0 Å². The molecule has 0 heteroatoms. The van der Waals surface area contributed by atoms with E-state index in [1.54, 1.807) is 0 Å². The SMILES string of the molecule is C1=CC/C=C/C=C/CCCCCC=C1. The van der Waals surface area contributed by atoms with Gasteiger partial charge in [0.2, 0.25) is 0 Å². The summed E-state index contributed by atoms with van der Waals surface area (Å²) in [5.74, 6) is 0. The minimum atomic E-state index is 1.04. The summed E-state index contributed by atoms with van der Waals surface area (Å²) < 4.78 is 0. The first kappa shape index (κ1) is 11.0. The molecule has 0 unspecified atom stereocenters. The van der Waals surface area contributed by atoms with Crippen LogP contribution in [0.1, 0.15) is 38.5 Å². The van der Waals surface area contributed by atoms with E-state index in [1.165, 1.54) is 32.1 Å². The van der Waals surface area contributed by atoms with Crippen molar-refractivity contribution in [3.63, 3.8) is 0 Å². The quantitative estimate of drug-likeness (QED) is 0.522. The fourth-order valence-electron chi connectivity index (χ4n) is 1.44. The average molecular weight is 188 g/mol. The molecule has 0 saturated carbocycles. The molecular formula is C14H20. The Labute approximate surface area is 87.7 Å². The summed E-state index contributed by atoms with van der Waals surface area (Å²) >= 11 is 0. The van der Waals surface area contributed by atoms with E-state index in [0.29, 0.717) is 0 Å². The summed E-state index contributed by atoms with van der Waals surface area (Å²) in [4.78, 5) is 0. The molecule has 14 heavy (non-hydrogen) atoms. The van der Waals surface area contributed by atoms with Crippen LogP contribution in [0.5, 0.6) is 0 Å². The molecule has 0 aromatic heterocycles. The van der Waals surface area contributed by atoms with Gasteiger partial charge in [0, 0.05) is 0 Å². The van der Waals surface area contributed by atoms with Gasteiger partial charge in [-0.1, -0.05) is 55.0 Å². The van der Waals surface area contributed by atoms with Crippen molar-refractivity contribution in [2.24, 2.45) is 0 Å². The van der Waals surface area contributed by atoms with Gasteiger partial charge in [-0.25, -0.2) is 0 Å². The Morgan fingerprint density at radius 2 is 1.00 bits per heavy atom. The molecule has 0 fully saturated rings. The summed E-state index contributed by atoms with van der Waals surface area (Å²) in [6.07, 6.45) is 25.0. The van der Waals surface area contributed by atoms with Crippen molar-refractivity contribution in [1.82, 2.24) is 0 Å². The van der Waals surface area contributed by atoms with Crippen molar-refractivity contribution in [2.45, 2.75) is 38.5 Å². The van der Waals surface area contributed by atoms with Gasteiger partial charge in [0.15, 0.2) is 0 Å². The Morgan fingerprint density at radius 3 is 1.57 bits per heavy atom. The minimum absolute atomic E-state index is 1.04. The highest BCUT2D eigenvalue weighted by Crippen LogP contribution is 2.05. The van der Waals surface area contributed by atoms with Crippen LogP contribution in [0, 0.1) is 0 Å². The van der Waals surface area contributed by atoms with Gasteiger partial charge in [-0.2, -0.15) is 0 Å². The first-order valence-electron chi connectivity index (χ1n) is 5.63. The Bertz CT molecular complexity index is 204. The normalized spacial score (nSPS) is 24.0. The molecule has 0 aromatic rings. The molecule has 1 aliphatic rings. The highest BCUT2D eigenvalue weighted by Gasteiger charge is 1.85. The van der Waals surface area contributed by atoms with Crippen LogP contribution in [0.4, 0.5) is 0 Å². The molecule has 0 radical (unpaired) electrons. The lowest BCUT2D eigenvalue weighted by atomic mass is 10.1. The maximum atomic E-state index is 2.27. The van der Waals surface area contributed by atoms with Gasteiger partial charge in [0.05, 0.1) is 0 Å². The van der Waals surface area contributed by atoms with Crippen molar-refractivity contribution in [3.8, 4) is 0 Å². The monoisotopic (exact) mass is 188 g/mol. The fourth-order valence-corrected chi connectivity index (χ4v) is 1.44. The van der Waals surface area contributed by atoms with Crippen LogP contribution in [-0.2, 0) is 0 Å². The molecule has 1 aliphatic carbocycles. The third-order valence-electron chi connectivity index (χ3n) is 2.28. The Hall–Kier alpha value is -1.04. The molecule has 1 rings (SSSR count). The first-order valence-corrected chi connectivity index (χ1v) is 5.63. The van der Waals surface area contributed by atoms with E-state index in [-0.39, 0.29) is 0 Å². The molecule has 0 atom stereocenters. The molecule has 0 amide bonds. The summed E-state index contributed by atoms with van der Waals surface area (Å²) in [5.41, 5.74) is 0. The van der Waals surface area contributed by atoms with Crippen molar-refractivity contribution < 1.29 is 0 Å². The Morgan fingerprint density at radius 1 is 0.500 bits per heavy atom. The van der Waals surface area contributed by atoms with Crippen molar-refractivity contribution in [3.05, 3.63) is 48.6 Å². The predicted octanol–water partition coefficient (Wildman–Crippen LogP) is 4.57. The Balaban J connectivity index is 2.35. The molecule has 0 aliphatic heterocycles. The number of rotatable bonds is 0. The zero-order valence-corrected chi connectivity index (χ0v) is 8.86. The van der Waals surface area contributed by atoms with Gasteiger partial charge in [0.1, 0.15) is 0 Å². The van der Waals surface area contributed by atoms with Crippen LogP contribution in [0.2, 0.25) is 0 Å². The predicted molar refractivity (Wildman–Crippen MR) is 64.3 cm³/mol. The smallest absolute Gasteiger partial charge is 0.0163 e. The summed E-state index contributed by atoms with van der Waals surface area (Å²) in [6.45, 7) is 0.